The summed E-state index contributed by atoms with van der Waals surface area (Å²) in [5.41, 5.74) is 0. The van der Waals surface area contributed by atoms with Gasteiger partial charge in [0, 0.05) is 13.6 Å². The molecule has 2 unspecified atom stereocenters. The number of rotatable bonds is 6. The second kappa shape index (κ2) is 5.95. The first kappa shape index (κ1) is 14.4. The average molecular weight is 280 g/mol. The fourth-order valence-corrected chi connectivity index (χ4v) is 2.23. The van der Waals surface area contributed by atoms with Crippen LogP contribution >= 0.6 is 9.24 Å². The van der Waals surface area contributed by atoms with E-state index in [1.807, 2.05) is 11.7 Å². The molecular formula is C12H22BN4OP. The normalized spacial score (nSPS) is 17.3. The minimum atomic E-state index is 0.281. The van der Waals surface area contributed by atoms with Crippen LogP contribution in [-0.4, -0.2) is 41.3 Å². The third-order valence-electron chi connectivity index (χ3n) is 3.01. The van der Waals surface area contributed by atoms with E-state index in [4.69, 9.17) is 4.74 Å². The van der Waals surface area contributed by atoms with Crippen molar-refractivity contribution < 1.29 is 4.74 Å². The number of anilines is 1. The second-order valence-electron chi connectivity index (χ2n) is 5.53. The lowest BCUT2D eigenvalue weighted by molar-refractivity contribution is 0.258. The highest BCUT2D eigenvalue weighted by Crippen LogP contribution is 2.23. The monoisotopic (exact) mass is 280 g/mol. The van der Waals surface area contributed by atoms with Crippen LogP contribution in [0.25, 0.3) is 5.76 Å². The van der Waals surface area contributed by atoms with Crippen molar-refractivity contribution in [2.75, 3.05) is 19.0 Å². The Bertz CT molecular complexity index is 467. The van der Waals surface area contributed by atoms with Crippen LogP contribution in [0.1, 0.15) is 32.0 Å². The zero-order valence-corrected chi connectivity index (χ0v) is 13.1. The van der Waals surface area contributed by atoms with Crippen molar-refractivity contribution in [1.29, 1.82) is 0 Å². The molecule has 0 saturated heterocycles. The molecule has 0 radical (unpaired) electrons. The van der Waals surface area contributed by atoms with Crippen molar-refractivity contribution in [3.63, 3.8) is 0 Å². The highest BCUT2D eigenvalue weighted by atomic mass is 31.0. The summed E-state index contributed by atoms with van der Waals surface area (Å²) in [6.07, 6.45) is 5.22. The van der Waals surface area contributed by atoms with Gasteiger partial charge in [0.1, 0.15) is 7.85 Å². The maximum Gasteiger partial charge on any atom is 0.242 e. The summed E-state index contributed by atoms with van der Waals surface area (Å²) in [6, 6.07) is 0. The fraction of sp³-hybridized carbons (Fsp3) is 0.667. The van der Waals surface area contributed by atoms with E-state index in [0.717, 1.165) is 44.0 Å². The van der Waals surface area contributed by atoms with Crippen LogP contribution in [-0.2, 0) is 11.3 Å². The van der Waals surface area contributed by atoms with Crippen LogP contribution in [0.4, 0.5) is 5.95 Å². The van der Waals surface area contributed by atoms with Crippen molar-refractivity contribution in [2.45, 2.75) is 37.8 Å². The van der Waals surface area contributed by atoms with E-state index >= 15 is 0 Å². The predicted molar refractivity (Wildman–Crippen MR) is 84.0 cm³/mol. The van der Waals surface area contributed by atoms with E-state index in [9.17, 15) is 0 Å². The van der Waals surface area contributed by atoms with Crippen LogP contribution in [0.3, 0.4) is 0 Å². The van der Waals surface area contributed by atoms with Crippen LogP contribution < -0.4 is 5.32 Å². The van der Waals surface area contributed by atoms with Gasteiger partial charge in [0.05, 0.1) is 6.61 Å². The van der Waals surface area contributed by atoms with E-state index in [0.29, 0.717) is 5.95 Å². The minimum Gasteiger partial charge on any atom is -0.490 e. The van der Waals surface area contributed by atoms with Gasteiger partial charge in [-0.3, -0.25) is 0 Å². The van der Waals surface area contributed by atoms with Gasteiger partial charge in [-0.15, -0.1) is 14.3 Å². The summed E-state index contributed by atoms with van der Waals surface area (Å²) in [5.74, 6) is 2.35. The van der Waals surface area contributed by atoms with E-state index in [-0.39, 0.29) is 5.06 Å². The second-order valence-corrected chi connectivity index (χ2v) is 7.09. The lowest BCUT2D eigenvalue weighted by Gasteiger charge is -2.19. The summed E-state index contributed by atoms with van der Waals surface area (Å²) in [4.78, 5) is 4.42. The molecule has 104 valence electrons. The van der Waals surface area contributed by atoms with Gasteiger partial charge in [0.25, 0.3) is 0 Å². The van der Waals surface area contributed by atoms with E-state index in [1.165, 1.54) is 0 Å². The molecule has 0 saturated carbocycles. The molecule has 1 aromatic rings. The SMILES string of the molecule is BC(C)(P)CCCOC1=CCCn2nc(NC)nc21. The Morgan fingerprint density at radius 2 is 2.42 bits per heavy atom. The third-order valence-corrected chi connectivity index (χ3v) is 3.30. The van der Waals surface area contributed by atoms with E-state index in [1.54, 1.807) is 0 Å². The molecule has 0 spiro atoms. The van der Waals surface area contributed by atoms with Crippen LogP contribution in [0, 0.1) is 0 Å². The molecule has 5 nitrogen and oxygen atoms in total. The third kappa shape index (κ3) is 3.97. The van der Waals surface area contributed by atoms with Gasteiger partial charge in [-0.1, -0.05) is 6.92 Å². The zero-order valence-electron chi connectivity index (χ0n) is 11.9. The predicted octanol–water partition coefficient (Wildman–Crippen LogP) is 1.09. The number of nitrogens with zero attached hydrogens (tertiary/aromatic N) is 3. The van der Waals surface area contributed by atoms with E-state index in [2.05, 4.69) is 45.5 Å². The van der Waals surface area contributed by atoms with Crippen LogP contribution in [0.2, 0.25) is 0 Å². The Hall–Kier alpha value is -1.03. The summed E-state index contributed by atoms with van der Waals surface area (Å²) in [6.45, 7) is 3.81. The van der Waals surface area contributed by atoms with Crippen LogP contribution in [0.5, 0.6) is 0 Å². The van der Waals surface area contributed by atoms with Crippen molar-refractivity contribution in [1.82, 2.24) is 14.8 Å². The molecule has 2 rings (SSSR count). The quantitative estimate of drug-likeness (QED) is 0.481. The summed E-state index contributed by atoms with van der Waals surface area (Å²) < 4.78 is 7.77. The molecule has 2 heterocycles. The molecule has 1 aliphatic rings. The van der Waals surface area contributed by atoms with Gasteiger partial charge in [-0.05, 0) is 30.4 Å². The molecule has 0 amide bonds. The molecule has 0 bridgehead atoms. The first-order valence-electron chi connectivity index (χ1n) is 6.74. The Labute approximate surface area is 117 Å². The van der Waals surface area contributed by atoms with Gasteiger partial charge >= 0.3 is 0 Å². The fourth-order valence-electron chi connectivity index (χ4n) is 2.03. The maximum absolute atomic E-state index is 5.86. The van der Waals surface area contributed by atoms with Crippen LogP contribution in [0.15, 0.2) is 6.08 Å². The summed E-state index contributed by atoms with van der Waals surface area (Å²) in [5, 5.41) is 7.60. The molecule has 7 heteroatoms. The Balaban J connectivity index is 1.91. The number of aryl methyl sites for hydroxylation is 1. The largest absolute Gasteiger partial charge is 0.490 e. The molecule has 2 atom stereocenters. The highest BCUT2D eigenvalue weighted by molar-refractivity contribution is 7.22. The summed E-state index contributed by atoms with van der Waals surface area (Å²) in [7, 11) is 6.91. The number of allylic oxidation sites excluding steroid dienone is 1. The topological polar surface area (TPSA) is 52.0 Å². The first-order valence-corrected chi connectivity index (χ1v) is 7.32. The Morgan fingerprint density at radius 3 is 3.11 bits per heavy atom. The molecular weight excluding hydrogens is 258 g/mol. The van der Waals surface area contributed by atoms with Crippen molar-refractivity contribution in [3.05, 3.63) is 11.9 Å². The Morgan fingerprint density at radius 1 is 1.63 bits per heavy atom. The average Bonchev–Trinajstić information content (AvgIpc) is 2.77. The molecule has 0 aromatic carbocycles. The molecule has 1 aliphatic heterocycles. The molecule has 19 heavy (non-hydrogen) atoms. The van der Waals surface area contributed by atoms with Crippen molar-refractivity contribution in [2.24, 2.45) is 0 Å². The lowest BCUT2D eigenvalue weighted by Crippen LogP contribution is -2.16. The van der Waals surface area contributed by atoms with Gasteiger partial charge in [0.2, 0.25) is 5.95 Å². The number of hydrogen-bond donors (Lipinski definition) is 1. The Kier molecular flexibility index (Phi) is 4.51. The smallest absolute Gasteiger partial charge is 0.242 e. The number of ether oxygens (including phenoxy) is 1. The lowest BCUT2D eigenvalue weighted by atomic mass is 9.84. The van der Waals surface area contributed by atoms with Gasteiger partial charge in [-0.25, -0.2) is 4.68 Å². The van der Waals surface area contributed by atoms with Gasteiger partial charge in [0.15, 0.2) is 11.6 Å². The van der Waals surface area contributed by atoms with Gasteiger partial charge in [-0.2, -0.15) is 4.98 Å². The zero-order chi connectivity index (χ0) is 13.9. The number of fused-ring (bicyclic) bond motifs is 1. The molecule has 0 fully saturated rings. The standard InChI is InChI=1S/C12H22BN4OP/c1-12(13,19)6-4-8-18-9-5-3-7-17-10(9)15-11(14-2)16-17/h5H,3-4,6-8,13,19H2,1-2H3,(H,14,16). The number of aromatic nitrogens is 3. The van der Waals surface area contributed by atoms with E-state index < -0.39 is 0 Å². The number of nitrogens with one attached hydrogen (secondary N) is 1. The summed E-state index contributed by atoms with van der Waals surface area (Å²) >= 11 is 0. The first-order chi connectivity index (χ1) is 8.99. The molecule has 1 aromatic heterocycles. The minimum absolute atomic E-state index is 0.281. The molecule has 1 N–H and O–H groups in total. The molecule has 0 aliphatic carbocycles. The highest BCUT2D eigenvalue weighted by Gasteiger charge is 2.18. The number of hydrogen-bond acceptors (Lipinski definition) is 4. The van der Waals surface area contributed by atoms with Gasteiger partial charge < -0.3 is 10.1 Å². The maximum atomic E-state index is 5.86. The van der Waals surface area contributed by atoms with Crippen molar-refractivity contribution in [3.8, 4) is 0 Å². The van der Waals surface area contributed by atoms with Crippen molar-refractivity contribution >= 4 is 28.8 Å².